The number of carbonyl (C=O) groups is 2. The first-order chi connectivity index (χ1) is 12.4. The molecule has 0 unspecified atom stereocenters. The van der Waals surface area contributed by atoms with Gasteiger partial charge in [-0.1, -0.05) is 28.1 Å². The van der Waals surface area contributed by atoms with E-state index in [4.69, 9.17) is 9.47 Å². The van der Waals surface area contributed by atoms with Gasteiger partial charge in [0.05, 0.1) is 6.61 Å². The summed E-state index contributed by atoms with van der Waals surface area (Å²) in [7, 11) is 0. The lowest BCUT2D eigenvalue weighted by atomic mass is 10.2. The lowest BCUT2D eigenvalue weighted by Crippen LogP contribution is -2.21. The van der Waals surface area contributed by atoms with Gasteiger partial charge in [-0.2, -0.15) is 0 Å². The molecule has 0 bridgehead atoms. The van der Waals surface area contributed by atoms with Crippen molar-refractivity contribution in [3.63, 3.8) is 0 Å². The number of hydrogen-bond donors (Lipinski definition) is 1. The zero-order valence-electron chi connectivity index (χ0n) is 14.9. The molecule has 6 heteroatoms. The first-order valence-corrected chi connectivity index (χ1v) is 9.14. The van der Waals surface area contributed by atoms with Crippen molar-refractivity contribution in [2.75, 3.05) is 18.5 Å². The number of benzene rings is 2. The van der Waals surface area contributed by atoms with E-state index in [0.717, 1.165) is 21.3 Å². The molecule has 0 atom stereocenters. The highest BCUT2D eigenvalue weighted by Gasteiger charge is 2.09. The van der Waals surface area contributed by atoms with Gasteiger partial charge < -0.3 is 14.8 Å². The van der Waals surface area contributed by atoms with E-state index in [1.807, 2.05) is 50.2 Å². The predicted octanol–water partition coefficient (Wildman–Crippen LogP) is 4.41. The number of nitrogens with one attached hydrogen (secondary N) is 1. The second kappa shape index (κ2) is 9.97. The molecule has 138 valence electrons. The molecule has 1 amide bonds. The van der Waals surface area contributed by atoms with E-state index < -0.39 is 5.97 Å². The minimum atomic E-state index is -0.416. The van der Waals surface area contributed by atoms with Crippen LogP contribution in [0.1, 0.15) is 24.0 Å². The molecule has 1 N–H and O–H groups in total. The normalized spacial score (nSPS) is 10.3. The summed E-state index contributed by atoms with van der Waals surface area (Å²) in [6.45, 7) is 4.00. The molecular weight excluding hydrogens is 398 g/mol. The van der Waals surface area contributed by atoms with Gasteiger partial charge in [0, 0.05) is 16.6 Å². The molecule has 26 heavy (non-hydrogen) atoms. The van der Waals surface area contributed by atoms with E-state index in [0.29, 0.717) is 18.7 Å². The predicted molar refractivity (Wildman–Crippen MR) is 104 cm³/mol. The molecule has 0 aromatic heterocycles. The molecule has 2 aromatic rings. The Labute approximate surface area is 161 Å². The molecule has 0 saturated carbocycles. The van der Waals surface area contributed by atoms with E-state index in [2.05, 4.69) is 21.2 Å². The van der Waals surface area contributed by atoms with Gasteiger partial charge in [0.2, 0.25) is 0 Å². The third kappa shape index (κ3) is 6.88. The van der Waals surface area contributed by atoms with E-state index in [1.54, 1.807) is 6.07 Å². The van der Waals surface area contributed by atoms with Crippen molar-refractivity contribution in [3.8, 4) is 5.75 Å². The number of hydrogen-bond acceptors (Lipinski definition) is 4. The minimum Gasteiger partial charge on any atom is -0.494 e. The van der Waals surface area contributed by atoms with Crippen molar-refractivity contribution < 1.29 is 19.1 Å². The summed E-state index contributed by atoms with van der Waals surface area (Å²) in [5.41, 5.74) is 2.74. The van der Waals surface area contributed by atoms with Gasteiger partial charge in [-0.05, 0) is 61.7 Å². The highest BCUT2D eigenvalue weighted by molar-refractivity contribution is 9.10. The van der Waals surface area contributed by atoms with Crippen LogP contribution in [-0.2, 0) is 14.3 Å². The van der Waals surface area contributed by atoms with Crippen LogP contribution >= 0.6 is 15.9 Å². The van der Waals surface area contributed by atoms with Crippen molar-refractivity contribution in [3.05, 3.63) is 58.1 Å². The lowest BCUT2D eigenvalue weighted by molar-refractivity contribution is -0.147. The maximum Gasteiger partial charge on any atom is 0.306 e. The molecule has 0 aliphatic rings. The Morgan fingerprint density at radius 1 is 1.12 bits per heavy atom. The van der Waals surface area contributed by atoms with Gasteiger partial charge in [-0.3, -0.25) is 9.59 Å². The van der Waals surface area contributed by atoms with Crippen LogP contribution in [0.3, 0.4) is 0 Å². The minimum absolute atomic E-state index is 0.205. The van der Waals surface area contributed by atoms with E-state index in [9.17, 15) is 9.59 Å². The second-order valence-electron chi connectivity index (χ2n) is 5.94. The van der Waals surface area contributed by atoms with Gasteiger partial charge in [-0.15, -0.1) is 0 Å². The molecular formula is C20H22BrNO4. The van der Waals surface area contributed by atoms with Crippen molar-refractivity contribution >= 4 is 33.5 Å². The van der Waals surface area contributed by atoms with Gasteiger partial charge in [-0.25, -0.2) is 0 Å². The second-order valence-corrected chi connectivity index (χ2v) is 6.85. The van der Waals surface area contributed by atoms with Gasteiger partial charge in [0.25, 0.3) is 5.91 Å². The summed E-state index contributed by atoms with van der Waals surface area (Å²) < 4.78 is 11.5. The highest BCUT2D eigenvalue weighted by Crippen LogP contribution is 2.19. The first kappa shape index (κ1) is 20.0. The number of halogens is 1. The zero-order valence-corrected chi connectivity index (χ0v) is 16.5. The van der Waals surface area contributed by atoms with E-state index in [1.165, 1.54) is 0 Å². The number of esters is 1. The highest BCUT2D eigenvalue weighted by atomic mass is 79.9. The summed E-state index contributed by atoms with van der Waals surface area (Å²) in [4.78, 5) is 23.6. The molecule has 0 heterocycles. The van der Waals surface area contributed by atoms with Crippen molar-refractivity contribution in [2.45, 2.75) is 26.7 Å². The number of carbonyl (C=O) groups excluding carboxylic acids is 2. The van der Waals surface area contributed by atoms with Crippen LogP contribution in [0.25, 0.3) is 0 Å². The SMILES string of the molecule is Cc1cccc(OCCCC(=O)OCC(=O)Nc2ccc(Br)cc2C)c1. The molecule has 0 spiro atoms. The number of ether oxygens (including phenoxy) is 2. The van der Waals surface area contributed by atoms with Crippen molar-refractivity contribution in [2.24, 2.45) is 0 Å². The van der Waals surface area contributed by atoms with Crippen LogP contribution in [-0.4, -0.2) is 25.1 Å². The Hall–Kier alpha value is -2.34. The van der Waals surface area contributed by atoms with Crippen LogP contribution < -0.4 is 10.1 Å². The molecule has 0 fully saturated rings. The van der Waals surface area contributed by atoms with E-state index in [-0.39, 0.29) is 18.9 Å². The summed E-state index contributed by atoms with van der Waals surface area (Å²) in [5.74, 6) is 0.00270. The quantitative estimate of drug-likeness (QED) is 0.508. The average molecular weight is 420 g/mol. The molecule has 0 aliphatic carbocycles. The topological polar surface area (TPSA) is 64.6 Å². The fourth-order valence-corrected chi connectivity index (χ4v) is 2.76. The Balaban J connectivity index is 1.64. The third-order valence-corrected chi connectivity index (χ3v) is 4.10. The number of rotatable bonds is 8. The molecule has 0 saturated heterocycles. The lowest BCUT2D eigenvalue weighted by Gasteiger charge is -2.09. The fraction of sp³-hybridized carbons (Fsp3) is 0.300. The molecule has 0 aliphatic heterocycles. The first-order valence-electron chi connectivity index (χ1n) is 8.35. The number of amides is 1. The van der Waals surface area contributed by atoms with Crippen LogP contribution in [0.15, 0.2) is 46.9 Å². The largest absolute Gasteiger partial charge is 0.494 e. The maximum atomic E-state index is 11.9. The van der Waals surface area contributed by atoms with E-state index >= 15 is 0 Å². The van der Waals surface area contributed by atoms with Crippen LogP contribution in [0.2, 0.25) is 0 Å². The van der Waals surface area contributed by atoms with Gasteiger partial charge in [0.15, 0.2) is 6.61 Å². The summed E-state index contributed by atoms with van der Waals surface area (Å²) in [6, 6.07) is 13.3. The van der Waals surface area contributed by atoms with Gasteiger partial charge in [0.1, 0.15) is 5.75 Å². The summed E-state index contributed by atoms with van der Waals surface area (Å²) in [5, 5.41) is 2.73. The maximum absolute atomic E-state index is 11.9. The number of anilines is 1. The van der Waals surface area contributed by atoms with Gasteiger partial charge >= 0.3 is 5.97 Å². The molecule has 5 nitrogen and oxygen atoms in total. The molecule has 2 aromatic carbocycles. The Morgan fingerprint density at radius 3 is 2.65 bits per heavy atom. The van der Waals surface area contributed by atoms with Crippen LogP contribution in [0.4, 0.5) is 5.69 Å². The molecule has 2 rings (SSSR count). The van der Waals surface area contributed by atoms with Crippen molar-refractivity contribution in [1.29, 1.82) is 0 Å². The monoisotopic (exact) mass is 419 g/mol. The summed E-state index contributed by atoms with van der Waals surface area (Å²) in [6.07, 6.45) is 0.733. The zero-order chi connectivity index (χ0) is 18.9. The smallest absolute Gasteiger partial charge is 0.306 e. The summed E-state index contributed by atoms with van der Waals surface area (Å²) >= 11 is 3.37. The Morgan fingerprint density at radius 2 is 1.92 bits per heavy atom. The number of aryl methyl sites for hydroxylation is 2. The Bertz CT molecular complexity index is 776. The molecule has 0 radical (unpaired) electrons. The van der Waals surface area contributed by atoms with Crippen molar-refractivity contribution in [1.82, 2.24) is 0 Å². The van der Waals surface area contributed by atoms with Crippen LogP contribution in [0, 0.1) is 13.8 Å². The third-order valence-electron chi connectivity index (χ3n) is 3.61. The fourth-order valence-electron chi connectivity index (χ4n) is 2.28. The Kier molecular flexibility index (Phi) is 7.66. The standard InChI is InChI=1S/C20H22BrNO4/c1-14-5-3-6-17(11-14)25-10-4-7-20(24)26-13-19(23)22-18-9-8-16(21)12-15(18)2/h3,5-6,8-9,11-12H,4,7,10,13H2,1-2H3,(H,22,23). The van der Waals surface area contributed by atoms with Crippen LogP contribution in [0.5, 0.6) is 5.75 Å². The average Bonchev–Trinajstić information content (AvgIpc) is 2.59.